The Morgan fingerprint density at radius 1 is 0.596 bits per heavy atom. The Hall–Kier alpha value is -3.07. The van der Waals surface area contributed by atoms with Crippen LogP contribution < -0.4 is 20.1 Å². The predicted molar refractivity (Wildman–Crippen MR) is 196 cm³/mol. The maximum absolute atomic E-state index is 11.5. The average molecular weight is 697 g/mol. The highest BCUT2D eigenvalue weighted by molar-refractivity contribution is 8.18. The zero-order chi connectivity index (χ0) is 32.6. The summed E-state index contributed by atoms with van der Waals surface area (Å²) in [5.74, 6) is 1.04. The van der Waals surface area contributed by atoms with Crippen LogP contribution in [0.1, 0.15) is 89.2 Å². The Bertz CT molecular complexity index is 1380. The molecule has 2 aliphatic heterocycles. The van der Waals surface area contributed by atoms with Crippen LogP contribution in [0, 0.1) is 10.8 Å². The van der Waals surface area contributed by atoms with Crippen molar-refractivity contribution in [1.29, 1.82) is 0 Å². The first-order chi connectivity index (χ1) is 22.1. The van der Waals surface area contributed by atoms with Gasteiger partial charge in [-0.3, -0.25) is 29.8 Å². The van der Waals surface area contributed by atoms with Crippen molar-refractivity contribution in [2.75, 3.05) is 13.2 Å². The Labute approximate surface area is 289 Å². The number of benzene rings is 2. The maximum Gasteiger partial charge on any atom is 0.290 e. The van der Waals surface area contributed by atoms with E-state index in [4.69, 9.17) is 9.47 Å². The smallest absolute Gasteiger partial charge is 0.290 e. The van der Waals surface area contributed by atoms with Crippen LogP contribution in [0.25, 0.3) is 12.2 Å². The van der Waals surface area contributed by atoms with E-state index in [0.717, 1.165) is 59.4 Å². The van der Waals surface area contributed by atoms with Crippen LogP contribution in [-0.2, 0) is 9.59 Å². The van der Waals surface area contributed by atoms with Crippen molar-refractivity contribution < 1.29 is 28.7 Å². The molecule has 252 valence electrons. The minimum atomic E-state index is -0.328. The highest BCUT2D eigenvalue weighted by Gasteiger charge is 2.29. The monoisotopic (exact) mass is 696 g/mol. The molecular formula is C36H45N2O6PS2. The molecule has 4 amide bonds. The van der Waals surface area contributed by atoms with Crippen molar-refractivity contribution >= 4 is 67.9 Å². The van der Waals surface area contributed by atoms with Gasteiger partial charge < -0.3 is 9.47 Å². The van der Waals surface area contributed by atoms with Crippen LogP contribution in [0.3, 0.4) is 0 Å². The van der Waals surface area contributed by atoms with Gasteiger partial charge in [0.1, 0.15) is 11.5 Å². The number of rotatable bonds is 8. The van der Waals surface area contributed by atoms with E-state index in [-0.39, 0.29) is 43.0 Å². The fraction of sp³-hybridized carbons (Fsp3) is 0.444. The second-order valence-corrected chi connectivity index (χ2v) is 15.2. The zero-order valence-electron chi connectivity index (χ0n) is 27.2. The largest absolute Gasteiger partial charge is 0.493 e. The van der Waals surface area contributed by atoms with E-state index >= 15 is 0 Å². The number of nitrogens with one attached hydrogen (secondary N) is 2. The fourth-order valence-electron chi connectivity index (χ4n) is 6.08. The van der Waals surface area contributed by atoms with E-state index in [1.54, 1.807) is 12.2 Å². The van der Waals surface area contributed by atoms with Crippen molar-refractivity contribution in [1.82, 2.24) is 10.6 Å². The van der Waals surface area contributed by atoms with Crippen LogP contribution in [0.15, 0.2) is 58.3 Å². The lowest BCUT2D eigenvalue weighted by molar-refractivity contribution is -0.116. The molecule has 2 N–H and O–H groups in total. The molecule has 1 unspecified atom stereocenters. The minimum Gasteiger partial charge on any atom is -0.493 e. The molecule has 47 heavy (non-hydrogen) atoms. The van der Waals surface area contributed by atoms with Gasteiger partial charge in [-0.2, -0.15) is 9.90 Å². The SMILES string of the molecule is CC1(COc2ccc(C=C3SC(=O)NC3=O)cc2)CCCCC1.CC1(COc2ccc(C=C3SC(=O)NC3=O)cc2)CCCCC1.P. The molecule has 11 heteroatoms. The molecule has 4 fully saturated rings. The molecule has 2 aromatic rings. The molecule has 2 aromatic carbocycles. The summed E-state index contributed by atoms with van der Waals surface area (Å²) in [5.41, 5.74) is 2.34. The van der Waals surface area contributed by atoms with Gasteiger partial charge in [0, 0.05) is 10.8 Å². The van der Waals surface area contributed by atoms with Gasteiger partial charge in [-0.25, -0.2) is 0 Å². The average Bonchev–Trinajstić information content (AvgIpc) is 3.54. The summed E-state index contributed by atoms with van der Waals surface area (Å²) in [6, 6.07) is 15.3. The molecule has 0 aromatic heterocycles. The Morgan fingerprint density at radius 2 is 0.936 bits per heavy atom. The summed E-state index contributed by atoms with van der Waals surface area (Å²) in [5, 5.41) is 3.87. The molecule has 2 saturated heterocycles. The van der Waals surface area contributed by atoms with E-state index in [1.165, 1.54) is 64.2 Å². The van der Waals surface area contributed by atoms with Crippen molar-refractivity contribution in [2.24, 2.45) is 10.8 Å². The fourth-order valence-corrected chi connectivity index (χ4v) is 7.44. The number of amides is 4. The number of carbonyl (C=O) groups is 4. The molecule has 1 atom stereocenters. The van der Waals surface area contributed by atoms with Crippen LogP contribution in [-0.4, -0.2) is 35.5 Å². The van der Waals surface area contributed by atoms with Crippen LogP contribution >= 0.6 is 33.4 Å². The van der Waals surface area contributed by atoms with Gasteiger partial charge in [0.25, 0.3) is 22.3 Å². The molecule has 6 rings (SSSR count). The number of thioether (sulfide) groups is 2. The zero-order valence-corrected chi connectivity index (χ0v) is 30.3. The van der Waals surface area contributed by atoms with Crippen LogP contribution in [0.5, 0.6) is 11.5 Å². The van der Waals surface area contributed by atoms with Gasteiger partial charge in [0.2, 0.25) is 0 Å². The third kappa shape index (κ3) is 11.0. The van der Waals surface area contributed by atoms with E-state index in [9.17, 15) is 19.2 Å². The van der Waals surface area contributed by atoms with Gasteiger partial charge in [-0.15, -0.1) is 0 Å². The summed E-state index contributed by atoms with van der Waals surface area (Å²) in [7, 11) is 0. The Morgan fingerprint density at radius 3 is 1.23 bits per heavy atom. The molecule has 2 heterocycles. The molecule has 2 aliphatic carbocycles. The van der Waals surface area contributed by atoms with Gasteiger partial charge >= 0.3 is 0 Å². The third-order valence-electron chi connectivity index (χ3n) is 8.94. The second kappa shape index (κ2) is 16.8. The molecule has 2 saturated carbocycles. The summed E-state index contributed by atoms with van der Waals surface area (Å²) >= 11 is 1.86. The number of carbonyl (C=O) groups excluding carboxylic acids is 4. The van der Waals surface area contributed by atoms with E-state index < -0.39 is 0 Å². The molecule has 0 radical (unpaired) electrons. The number of imide groups is 2. The van der Waals surface area contributed by atoms with Crippen molar-refractivity contribution in [3.8, 4) is 11.5 Å². The summed E-state index contributed by atoms with van der Waals surface area (Å²) in [6.45, 7) is 6.11. The van der Waals surface area contributed by atoms with Crippen molar-refractivity contribution in [2.45, 2.75) is 78.1 Å². The first kappa shape index (κ1) is 36.8. The normalized spacial score (nSPS) is 21.7. The van der Waals surface area contributed by atoms with Gasteiger partial charge in [-0.05, 0) is 96.8 Å². The molecular weight excluding hydrogens is 652 g/mol. The first-order valence-corrected chi connectivity index (χ1v) is 17.7. The minimum absolute atomic E-state index is 0. The molecule has 8 nitrogen and oxygen atoms in total. The standard InChI is InChI=1S/2C18H21NO3S.H3P/c2*1-18(9-3-2-4-10-18)12-22-14-7-5-13(6-8-14)11-15-16(20)19-17(21)23-15;/h2*5-8,11H,2-4,9-10,12H2,1H3,(H,19,20,21);1H3. The highest BCUT2D eigenvalue weighted by Crippen LogP contribution is 2.37. The predicted octanol–water partition coefficient (Wildman–Crippen LogP) is 8.78. The number of hydrogen-bond donors (Lipinski definition) is 2. The highest BCUT2D eigenvalue weighted by atomic mass is 32.2. The van der Waals surface area contributed by atoms with Gasteiger partial charge in [0.15, 0.2) is 0 Å². The molecule has 0 spiro atoms. The van der Waals surface area contributed by atoms with E-state index in [1.807, 2.05) is 48.5 Å². The van der Waals surface area contributed by atoms with Crippen molar-refractivity contribution in [3.63, 3.8) is 0 Å². The summed E-state index contributed by atoms with van der Waals surface area (Å²) in [4.78, 5) is 46.2. The Kier molecular flexibility index (Phi) is 13.2. The lowest BCUT2D eigenvalue weighted by Crippen LogP contribution is -2.27. The second-order valence-electron chi connectivity index (χ2n) is 13.2. The quantitative estimate of drug-likeness (QED) is 0.208. The van der Waals surface area contributed by atoms with Crippen LogP contribution in [0.4, 0.5) is 9.59 Å². The lowest BCUT2D eigenvalue weighted by atomic mass is 9.76. The van der Waals surface area contributed by atoms with Crippen molar-refractivity contribution in [3.05, 3.63) is 69.5 Å². The van der Waals surface area contributed by atoms with Gasteiger partial charge in [0.05, 0.1) is 23.0 Å². The van der Waals surface area contributed by atoms with E-state index in [0.29, 0.717) is 9.81 Å². The molecule has 4 aliphatic rings. The third-order valence-corrected chi connectivity index (χ3v) is 10.6. The summed E-state index contributed by atoms with van der Waals surface area (Å²) in [6.07, 6.45) is 16.2. The Balaban J connectivity index is 0.000000208. The topological polar surface area (TPSA) is 111 Å². The number of hydrogen-bond acceptors (Lipinski definition) is 8. The van der Waals surface area contributed by atoms with Crippen LogP contribution in [0.2, 0.25) is 0 Å². The first-order valence-electron chi connectivity index (χ1n) is 16.0. The maximum atomic E-state index is 11.5. The summed E-state index contributed by atoms with van der Waals surface area (Å²) < 4.78 is 11.9. The van der Waals surface area contributed by atoms with Gasteiger partial charge in [-0.1, -0.05) is 76.6 Å². The number of ether oxygens (including phenoxy) is 2. The lowest BCUT2D eigenvalue weighted by Gasteiger charge is -2.33. The molecule has 0 bridgehead atoms. The van der Waals surface area contributed by atoms with E-state index in [2.05, 4.69) is 24.5 Å².